The van der Waals surface area contributed by atoms with Crippen LogP contribution in [0.2, 0.25) is 0 Å². The summed E-state index contributed by atoms with van der Waals surface area (Å²) in [5.74, 6) is -0.671. The second-order valence-electron chi connectivity index (χ2n) is 6.22. The minimum Gasteiger partial charge on any atom is -0.507 e. The van der Waals surface area contributed by atoms with Gasteiger partial charge >= 0.3 is 5.97 Å². The molecule has 0 heterocycles. The molecule has 0 aliphatic carbocycles. The number of carboxylic acid groups (broad SMARTS) is 1. The van der Waals surface area contributed by atoms with Gasteiger partial charge in [-0.2, -0.15) is 0 Å². The highest BCUT2D eigenvalue weighted by atomic mass is 16.4. The molecule has 1 aromatic rings. The molecule has 0 radical (unpaired) electrons. The molecule has 0 amide bonds. The van der Waals surface area contributed by atoms with Gasteiger partial charge in [0.2, 0.25) is 0 Å². The largest absolute Gasteiger partial charge is 0.507 e. The number of rotatable bonds is 5. The van der Waals surface area contributed by atoms with Crippen LogP contribution in [0.15, 0.2) is 12.1 Å². The van der Waals surface area contributed by atoms with Crippen molar-refractivity contribution in [3.63, 3.8) is 0 Å². The summed E-state index contributed by atoms with van der Waals surface area (Å²) in [5.41, 5.74) is 8.49. The highest BCUT2D eigenvalue weighted by Crippen LogP contribution is 2.37. The smallest absolute Gasteiger partial charge is 0.303 e. The molecule has 0 fully saturated rings. The number of aryl methyl sites for hydroxylation is 1. The Balaban J connectivity index is 3.21. The third kappa shape index (κ3) is 3.97. The number of hydrogen-bond donors (Lipinski definition) is 3. The van der Waals surface area contributed by atoms with Gasteiger partial charge in [-0.1, -0.05) is 39.8 Å². The Kier molecular flexibility index (Phi) is 5.17. The molecule has 0 spiro atoms. The Labute approximate surface area is 120 Å². The van der Waals surface area contributed by atoms with Crippen molar-refractivity contribution in [2.45, 2.75) is 58.4 Å². The van der Waals surface area contributed by atoms with Gasteiger partial charge < -0.3 is 15.9 Å². The normalized spacial score (nSPS) is 13.2. The van der Waals surface area contributed by atoms with Crippen molar-refractivity contribution in [1.82, 2.24) is 0 Å². The van der Waals surface area contributed by atoms with Crippen molar-refractivity contribution in [1.29, 1.82) is 0 Å². The molecule has 20 heavy (non-hydrogen) atoms. The number of aromatic hydroxyl groups is 1. The first-order valence-electron chi connectivity index (χ1n) is 7.00. The molecule has 0 aliphatic heterocycles. The fraction of sp³-hybridized carbons (Fsp3) is 0.562. The van der Waals surface area contributed by atoms with Crippen molar-refractivity contribution >= 4 is 5.97 Å². The summed E-state index contributed by atoms with van der Waals surface area (Å²) in [7, 11) is 0. The molecule has 1 aromatic carbocycles. The monoisotopic (exact) mass is 279 g/mol. The average molecular weight is 279 g/mol. The van der Waals surface area contributed by atoms with Gasteiger partial charge in [0.15, 0.2) is 0 Å². The molecular formula is C16H25NO3. The van der Waals surface area contributed by atoms with Gasteiger partial charge in [-0.25, -0.2) is 0 Å². The SMILES string of the molecule is CCc1cc(C(N)CCC(=O)O)c(O)c(C(C)(C)C)c1. The Morgan fingerprint density at radius 3 is 2.40 bits per heavy atom. The van der Waals surface area contributed by atoms with Gasteiger partial charge in [0.05, 0.1) is 0 Å². The molecule has 1 unspecified atom stereocenters. The quantitative estimate of drug-likeness (QED) is 0.773. The fourth-order valence-electron chi connectivity index (χ4n) is 2.21. The molecule has 0 aromatic heterocycles. The van der Waals surface area contributed by atoms with Crippen molar-refractivity contribution in [2.75, 3.05) is 0 Å². The zero-order valence-corrected chi connectivity index (χ0v) is 12.7. The number of nitrogens with two attached hydrogens (primary N) is 1. The maximum atomic E-state index is 10.7. The van der Waals surface area contributed by atoms with Crippen molar-refractivity contribution in [3.05, 3.63) is 28.8 Å². The molecule has 4 heteroatoms. The third-order valence-electron chi connectivity index (χ3n) is 3.48. The highest BCUT2D eigenvalue weighted by molar-refractivity contribution is 5.66. The number of carboxylic acids is 1. The summed E-state index contributed by atoms with van der Waals surface area (Å²) in [6, 6.07) is 3.43. The molecule has 4 N–H and O–H groups in total. The lowest BCUT2D eigenvalue weighted by molar-refractivity contribution is -0.137. The van der Waals surface area contributed by atoms with E-state index in [4.69, 9.17) is 10.8 Å². The van der Waals surface area contributed by atoms with Crippen molar-refractivity contribution < 1.29 is 15.0 Å². The molecule has 1 atom stereocenters. The van der Waals surface area contributed by atoms with E-state index in [1.54, 1.807) is 0 Å². The van der Waals surface area contributed by atoms with Gasteiger partial charge in [-0.05, 0) is 29.4 Å². The maximum absolute atomic E-state index is 10.7. The van der Waals surface area contributed by atoms with Crippen LogP contribution in [-0.4, -0.2) is 16.2 Å². The highest BCUT2D eigenvalue weighted by Gasteiger charge is 2.23. The molecule has 112 valence electrons. The number of hydrogen-bond acceptors (Lipinski definition) is 3. The lowest BCUT2D eigenvalue weighted by atomic mass is 9.82. The van der Waals surface area contributed by atoms with Gasteiger partial charge in [-0.15, -0.1) is 0 Å². The molecule has 0 saturated carbocycles. The van der Waals surface area contributed by atoms with Crippen molar-refractivity contribution in [2.24, 2.45) is 5.73 Å². The van der Waals surface area contributed by atoms with Crippen LogP contribution < -0.4 is 5.73 Å². The van der Waals surface area contributed by atoms with Gasteiger partial charge in [0.1, 0.15) is 5.75 Å². The molecular weight excluding hydrogens is 254 g/mol. The van der Waals surface area contributed by atoms with Crippen LogP contribution >= 0.6 is 0 Å². The van der Waals surface area contributed by atoms with E-state index in [0.29, 0.717) is 12.0 Å². The Morgan fingerprint density at radius 2 is 1.95 bits per heavy atom. The molecule has 0 aliphatic rings. The van der Waals surface area contributed by atoms with Gasteiger partial charge in [-0.3, -0.25) is 4.79 Å². The second kappa shape index (κ2) is 6.27. The molecule has 1 rings (SSSR count). The van der Waals surface area contributed by atoms with Crippen LogP contribution in [-0.2, 0) is 16.6 Å². The number of phenols is 1. The first-order valence-corrected chi connectivity index (χ1v) is 7.00. The van der Waals surface area contributed by atoms with E-state index in [0.717, 1.165) is 17.5 Å². The fourth-order valence-corrected chi connectivity index (χ4v) is 2.21. The Hall–Kier alpha value is -1.55. The zero-order valence-electron chi connectivity index (χ0n) is 12.7. The third-order valence-corrected chi connectivity index (χ3v) is 3.48. The van der Waals surface area contributed by atoms with Crippen LogP contribution in [0, 0.1) is 0 Å². The predicted octanol–water partition coefficient (Wildman–Crippen LogP) is 3.12. The molecule has 4 nitrogen and oxygen atoms in total. The summed E-state index contributed by atoms with van der Waals surface area (Å²) in [4.78, 5) is 10.7. The van der Waals surface area contributed by atoms with Crippen LogP contribution in [0.3, 0.4) is 0 Å². The van der Waals surface area contributed by atoms with E-state index in [1.807, 2.05) is 39.8 Å². The lowest BCUT2D eigenvalue weighted by Gasteiger charge is -2.25. The predicted molar refractivity (Wildman–Crippen MR) is 80.0 cm³/mol. The maximum Gasteiger partial charge on any atom is 0.303 e. The van der Waals surface area contributed by atoms with Crippen LogP contribution in [0.25, 0.3) is 0 Å². The summed E-state index contributed by atoms with van der Waals surface area (Å²) >= 11 is 0. The van der Waals surface area contributed by atoms with E-state index in [2.05, 4.69) is 0 Å². The second-order valence-corrected chi connectivity index (χ2v) is 6.22. The molecule has 0 saturated heterocycles. The van der Waals surface area contributed by atoms with Gasteiger partial charge in [0.25, 0.3) is 0 Å². The minimum absolute atomic E-state index is 0.00180. The summed E-state index contributed by atoms with van der Waals surface area (Å²) < 4.78 is 0. The number of benzene rings is 1. The topological polar surface area (TPSA) is 83.6 Å². The average Bonchev–Trinajstić information content (AvgIpc) is 2.34. The zero-order chi connectivity index (χ0) is 15.5. The Bertz CT molecular complexity index is 489. The van der Waals surface area contributed by atoms with Crippen LogP contribution in [0.5, 0.6) is 5.75 Å². The first kappa shape index (κ1) is 16.5. The summed E-state index contributed by atoms with van der Waals surface area (Å²) in [6.07, 6.45) is 1.17. The number of phenolic OH excluding ortho intramolecular Hbond substituents is 1. The van der Waals surface area contributed by atoms with Gasteiger partial charge in [0, 0.05) is 18.0 Å². The molecule has 0 bridgehead atoms. The first-order chi connectivity index (χ1) is 9.16. The summed E-state index contributed by atoms with van der Waals surface area (Å²) in [6.45, 7) is 8.15. The Morgan fingerprint density at radius 1 is 1.35 bits per heavy atom. The van der Waals surface area contributed by atoms with E-state index in [1.165, 1.54) is 0 Å². The van der Waals surface area contributed by atoms with E-state index >= 15 is 0 Å². The number of carbonyl (C=O) groups is 1. The summed E-state index contributed by atoms with van der Waals surface area (Å²) in [5, 5.41) is 19.2. The number of aliphatic carboxylic acids is 1. The minimum atomic E-state index is -0.873. The van der Waals surface area contributed by atoms with Crippen LogP contribution in [0.4, 0.5) is 0 Å². The lowest BCUT2D eigenvalue weighted by Crippen LogP contribution is -2.17. The van der Waals surface area contributed by atoms with E-state index in [-0.39, 0.29) is 17.6 Å². The van der Waals surface area contributed by atoms with Crippen molar-refractivity contribution in [3.8, 4) is 5.75 Å². The van der Waals surface area contributed by atoms with Crippen LogP contribution in [0.1, 0.15) is 63.3 Å². The van der Waals surface area contributed by atoms with E-state index in [9.17, 15) is 9.90 Å². The standard InChI is InChI=1S/C16H25NO3/c1-5-10-8-11(13(17)6-7-14(18)19)15(20)12(9-10)16(2,3)4/h8-9,13,20H,5-7,17H2,1-4H3,(H,18,19). The van der Waals surface area contributed by atoms with E-state index < -0.39 is 12.0 Å².